The van der Waals surface area contributed by atoms with Gasteiger partial charge in [-0.1, -0.05) is 19.8 Å². The summed E-state index contributed by atoms with van der Waals surface area (Å²) in [6, 6.07) is 0. The second kappa shape index (κ2) is 8.05. The van der Waals surface area contributed by atoms with Crippen molar-refractivity contribution >= 4 is 47.5 Å². The number of hydrogen-bond donors (Lipinski definition) is 2. The molecule has 118 valence electrons. The van der Waals surface area contributed by atoms with E-state index in [4.69, 9.17) is 10.8 Å². The summed E-state index contributed by atoms with van der Waals surface area (Å²) < 4.78 is 1.79. The van der Waals surface area contributed by atoms with Crippen LogP contribution in [0.2, 0.25) is 0 Å². The molecule has 0 bridgehead atoms. The van der Waals surface area contributed by atoms with Crippen molar-refractivity contribution in [1.29, 1.82) is 0 Å². The van der Waals surface area contributed by atoms with Gasteiger partial charge in [0.1, 0.15) is 5.56 Å². The largest absolute Gasteiger partial charge is 0.478 e. The lowest BCUT2D eigenvalue weighted by molar-refractivity contribution is 0.0697. The number of hydrogen-bond acceptors (Lipinski definition) is 4. The van der Waals surface area contributed by atoms with Crippen molar-refractivity contribution in [1.82, 2.24) is 14.8 Å². The van der Waals surface area contributed by atoms with Crippen LogP contribution < -0.4 is 5.73 Å². The standard InChI is InChI=1S/C13H18N4O2.2ClH/c1-3-4-5-6-17-12-9(7-15-17)11(14)10(13(18)19)8(2)16-12;;/h7H,3-6H2,1-2H3,(H2,14,16)(H,18,19);2*1H. The fraction of sp³-hybridized carbons (Fsp3) is 0.462. The second-order valence-corrected chi connectivity index (χ2v) is 4.60. The number of carboxylic acid groups (broad SMARTS) is 1. The third-order valence-corrected chi connectivity index (χ3v) is 3.19. The van der Waals surface area contributed by atoms with Crippen LogP contribution in [-0.2, 0) is 6.54 Å². The molecule has 3 N–H and O–H groups in total. The monoisotopic (exact) mass is 334 g/mol. The number of halogens is 2. The molecule has 2 aromatic heterocycles. The van der Waals surface area contributed by atoms with Gasteiger partial charge in [-0.3, -0.25) is 0 Å². The Hall–Kier alpha value is -1.53. The van der Waals surface area contributed by atoms with E-state index < -0.39 is 5.97 Å². The number of carboxylic acids is 1. The molecule has 0 fully saturated rings. The molecule has 2 rings (SSSR count). The summed E-state index contributed by atoms with van der Waals surface area (Å²) in [5, 5.41) is 14.0. The van der Waals surface area contributed by atoms with Crippen molar-refractivity contribution in [2.24, 2.45) is 0 Å². The lowest BCUT2D eigenvalue weighted by Gasteiger charge is -2.07. The molecule has 2 heterocycles. The first-order valence-corrected chi connectivity index (χ1v) is 6.41. The molecule has 0 amide bonds. The van der Waals surface area contributed by atoms with E-state index in [1.807, 2.05) is 0 Å². The van der Waals surface area contributed by atoms with Gasteiger partial charge in [-0.2, -0.15) is 5.10 Å². The normalized spacial score (nSPS) is 10.0. The molecule has 0 saturated carbocycles. The third kappa shape index (κ3) is 3.77. The number of fused-ring (bicyclic) bond motifs is 1. The highest BCUT2D eigenvalue weighted by molar-refractivity contribution is 6.03. The first-order chi connectivity index (χ1) is 9.06. The second-order valence-electron chi connectivity index (χ2n) is 4.60. The molecule has 0 atom stereocenters. The molecule has 0 aliphatic rings. The molecule has 0 spiro atoms. The van der Waals surface area contributed by atoms with E-state index in [9.17, 15) is 4.79 Å². The van der Waals surface area contributed by atoms with Gasteiger partial charge >= 0.3 is 5.97 Å². The molecule has 8 heteroatoms. The predicted molar refractivity (Wildman–Crippen MR) is 87.7 cm³/mol. The minimum Gasteiger partial charge on any atom is -0.478 e. The summed E-state index contributed by atoms with van der Waals surface area (Å²) in [5.74, 6) is -1.05. The first-order valence-electron chi connectivity index (χ1n) is 6.41. The van der Waals surface area contributed by atoms with E-state index >= 15 is 0 Å². The van der Waals surface area contributed by atoms with Crippen molar-refractivity contribution in [2.45, 2.75) is 39.7 Å². The number of pyridine rings is 1. The van der Waals surface area contributed by atoms with Crippen molar-refractivity contribution < 1.29 is 9.90 Å². The zero-order chi connectivity index (χ0) is 14.0. The molecular weight excluding hydrogens is 315 g/mol. The fourth-order valence-corrected chi connectivity index (χ4v) is 2.18. The van der Waals surface area contributed by atoms with Crippen molar-refractivity contribution in [2.75, 3.05) is 5.73 Å². The quantitative estimate of drug-likeness (QED) is 0.819. The fourth-order valence-electron chi connectivity index (χ4n) is 2.18. The van der Waals surface area contributed by atoms with E-state index in [0.29, 0.717) is 16.7 Å². The summed E-state index contributed by atoms with van der Waals surface area (Å²) in [7, 11) is 0. The highest BCUT2D eigenvalue weighted by atomic mass is 35.5. The SMILES string of the molecule is CCCCCn1ncc2c(N)c(C(=O)O)c(C)nc21.Cl.Cl. The highest BCUT2D eigenvalue weighted by Gasteiger charge is 2.18. The highest BCUT2D eigenvalue weighted by Crippen LogP contribution is 2.25. The number of aromatic nitrogens is 3. The molecule has 0 aliphatic heterocycles. The molecule has 0 saturated heterocycles. The van der Waals surface area contributed by atoms with Crippen LogP contribution in [0.4, 0.5) is 5.69 Å². The number of unbranched alkanes of at least 4 members (excludes halogenated alkanes) is 2. The first kappa shape index (κ1) is 19.5. The number of anilines is 1. The Morgan fingerprint density at radius 3 is 2.62 bits per heavy atom. The number of carbonyl (C=O) groups is 1. The van der Waals surface area contributed by atoms with Crippen LogP contribution in [0.15, 0.2) is 6.20 Å². The molecule has 2 aromatic rings. The van der Waals surface area contributed by atoms with Crippen LogP contribution in [0.5, 0.6) is 0 Å². The van der Waals surface area contributed by atoms with Gasteiger partial charge in [0.15, 0.2) is 5.65 Å². The van der Waals surface area contributed by atoms with Gasteiger partial charge in [0.2, 0.25) is 0 Å². The van der Waals surface area contributed by atoms with Crippen LogP contribution in [0.1, 0.15) is 42.2 Å². The van der Waals surface area contributed by atoms with E-state index in [1.165, 1.54) is 0 Å². The number of aryl methyl sites for hydroxylation is 2. The van der Waals surface area contributed by atoms with Crippen LogP contribution in [-0.4, -0.2) is 25.8 Å². The number of nitrogen functional groups attached to an aromatic ring is 1. The number of aromatic carboxylic acids is 1. The summed E-state index contributed by atoms with van der Waals surface area (Å²) in [5.41, 5.74) is 7.32. The topological polar surface area (TPSA) is 94.0 Å². The van der Waals surface area contributed by atoms with Crippen molar-refractivity contribution in [3.05, 3.63) is 17.5 Å². The van der Waals surface area contributed by atoms with Crippen LogP contribution in [0.25, 0.3) is 11.0 Å². The van der Waals surface area contributed by atoms with Gasteiger partial charge in [-0.25, -0.2) is 14.5 Å². The van der Waals surface area contributed by atoms with E-state index in [1.54, 1.807) is 17.8 Å². The van der Waals surface area contributed by atoms with Crippen molar-refractivity contribution in [3.63, 3.8) is 0 Å². The average molecular weight is 335 g/mol. The molecular formula is C13H20Cl2N4O2. The Balaban J connectivity index is 0.00000200. The van der Waals surface area contributed by atoms with Gasteiger partial charge in [-0.05, 0) is 13.3 Å². The lowest BCUT2D eigenvalue weighted by Crippen LogP contribution is -2.09. The molecule has 0 aliphatic carbocycles. The van der Waals surface area contributed by atoms with E-state index in [2.05, 4.69) is 17.0 Å². The van der Waals surface area contributed by atoms with Crippen LogP contribution in [0.3, 0.4) is 0 Å². The molecule has 0 aromatic carbocycles. The van der Waals surface area contributed by atoms with E-state index in [-0.39, 0.29) is 36.1 Å². The van der Waals surface area contributed by atoms with Gasteiger partial charge in [0.25, 0.3) is 0 Å². The maximum absolute atomic E-state index is 11.2. The number of rotatable bonds is 5. The molecule has 0 radical (unpaired) electrons. The minimum atomic E-state index is -1.05. The van der Waals surface area contributed by atoms with Crippen LogP contribution in [0, 0.1) is 6.92 Å². The maximum atomic E-state index is 11.2. The summed E-state index contributed by atoms with van der Waals surface area (Å²) in [6.45, 7) is 4.57. The van der Waals surface area contributed by atoms with Gasteiger partial charge in [0.05, 0.1) is 23.0 Å². The zero-order valence-corrected chi connectivity index (χ0v) is 13.6. The average Bonchev–Trinajstić information content (AvgIpc) is 2.72. The molecule has 21 heavy (non-hydrogen) atoms. The summed E-state index contributed by atoms with van der Waals surface area (Å²) in [4.78, 5) is 15.5. The third-order valence-electron chi connectivity index (χ3n) is 3.19. The Morgan fingerprint density at radius 2 is 2.05 bits per heavy atom. The Bertz CT molecular complexity index is 628. The van der Waals surface area contributed by atoms with Gasteiger partial charge in [0, 0.05) is 6.54 Å². The van der Waals surface area contributed by atoms with Gasteiger partial charge < -0.3 is 10.8 Å². The molecule has 0 unspecified atom stereocenters. The predicted octanol–water partition coefficient (Wildman–Crippen LogP) is 3.05. The number of nitrogens with two attached hydrogens (primary N) is 1. The lowest BCUT2D eigenvalue weighted by atomic mass is 10.1. The minimum absolute atomic E-state index is 0. The van der Waals surface area contributed by atoms with E-state index in [0.717, 1.165) is 25.8 Å². The summed E-state index contributed by atoms with van der Waals surface area (Å²) >= 11 is 0. The van der Waals surface area contributed by atoms with Crippen LogP contribution >= 0.6 is 24.8 Å². The van der Waals surface area contributed by atoms with Crippen molar-refractivity contribution in [3.8, 4) is 0 Å². The van der Waals surface area contributed by atoms with Gasteiger partial charge in [-0.15, -0.1) is 24.8 Å². The Morgan fingerprint density at radius 1 is 1.38 bits per heavy atom. The summed E-state index contributed by atoms with van der Waals surface area (Å²) in [6.07, 6.45) is 4.88. The maximum Gasteiger partial charge on any atom is 0.339 e. The Labute approximate surface area is 135 Å². The zero-order valence-electron chi connectivity index (χ0n) is 12.0. The Kier molecular flexibility index (Phi) is 7.46. The smallest absolute Gasteiger partial charge is 0.339 e. The molecule has 6 nitrogen and oxygen atoms in total. The number of nitrogens with zero attached hydrogens (tertiary/aromatic N) is 3.